The second-order valence-corrected chi connectivity index (χ2v) is 10.6. The minimum atomic E-state index is -3.36. The Morgan fingerprint density at radius 1 is 0.846 bits per heavy atom. The first kappa shape index (κ1) is 17.3. The van der Waals surface area contributed by atoms with Crippen LogP contribution in [0.25, 0.3) is 0 Å². The molecule has 0 aliphatic carbocycles. The van der Waals surface area contributed by atoms with E-state index in [0.29, 0.717) is 6.54 Å². The summed E-state index contributed by atoms with van der Waals surface area (Å²) < 4.78 is 29.9. The van der Waals surface area contributed by atoms with Gasteiger partial charge in [0, 0.05) is 0 Å². The van der Waals surface area contributed by atoms with Crippen molar-refractivity contribution in [1.82, 2.24) is 0 Å². The van der Waals surface area contributed by atoms with Gasteiger partial charge >= 0.3 is 161 Å². The van der Waals surface area contributed by atoms with Crippen LogP contribution in [0.15, 0.2) is 78.9 Å². The Hall–Kier alpha value is -2.07. The summed E-state index contributed by atoms with van der Waals surface area (Å²) >= 11 is 0.243. The molecule has 132 valence electrons. The van der Waals surface area contributed by atoms with Gasteiger partial charge in [-0.1, -0.05) is 0 Å². The van der Waals surface area contributed by atoms with Crippen LogP contribution < -0.4 is 13.2 Å². The second kappa shape index (κ2) is 7.28. The minimum absolute atomic E-state index is 0.0446. The normalized spacial score (nSPS) is 13.6. The topological polar surface area (TPSA) is 37.4 Å². The molecule has 0 radical (unpaired) electrons. The monoisotopic (exact) mass is 429 g/mol. The number of hydrogen-bond acceptors (Lipinski definition) is 2. The van der Waals surface area contributed by atoms with Crippen LogP contribution in [0.2, 0.25) is 0 Å². The predicted octanol–water partition coefficient (Wildman–Crippen LogP) is 2.23. The molecule has 4 rings (SSSR count). The summed E-state index contributed by atoms with van der Waals surface area (Å²) in [7, 11) is -3.36. The summed E-state index contributed by atoms with van der Waals surface area (Å²) in [6.07, 6.45) is 0.780. The third-order valence-corrected chi connectivity index (χ3v) is 8.25. The fourth-order valence-electron chi connectivity index (χ4n) is 3.19. The van der Waals surface area contributed by atoms with Crippen LogP contribution in [0.5, 0.6) is 0 Å². The number of benzene rings is 3. The molecule has 5 heteroatoms. The van der Waals surface area contributed by atoms with Gasteiger partial charge in [0.15, 0.2) is 0 Å². The van der Waals surface area contributed by atoms with Gasteiger partial charge in [-0.3, -0.25) is 0 Å². The summed E-state index contributed by atoms with van der Waals surface area (Å²) in [4.78, 5) is 0. The van der Waals surface area contributed by atoms with Gasteiger partial charge in [0.25, 0.3) is 0 Å². The van der Waals surface area contributed by atoms with Crippen LogP contribution in [-0.2, 0) is 22.2 Å². The zero-order valence-corrected chi connectivity index (χ0v) is 16.7. The van der Waals surface area contributed by atoms with Gasteiger partial charge in [-0.2, -0.15) is 0 Å². The van der Waals surface area contributed by atoms with Gasteiger partial charge in [-0.25, -0.2) is 0 Å². The van der Waals surface area contributed by atoms with Crippen molar-refractivity contribution in [3.8, 4) is 0 Å². The quantitative estimate of drug-likeness (QED) is 0.585. The SMILES string of the molecule is O=S(=O)(Cc1ccccc1)N1CCc2cc([Se]c3ccccc3)ccc21. The first-order valence-electron chi connectivity index (χ1n) is 8.52. The van der Waals surface area contributed by atoms with E-state index >= 15 is 0 Å². The number of fused-ring (bicyclic) bond motifs is 1. The molecule has 0 bridgehead atoms. The van der Waals surface area contributed by atoms with E-state index in [-0.39, 0.29) is 20.7 Å². The van der Waals surface area contributed by atoms with Crippen LogP contribution in [-0.4, -0.2) is 29.9 Å². The molecular formula is C21H19NO2SSe. The summed E-state index contributed by atoms with van der Waals surface area (Å²) in [5.41, 5.74) is 2.80. The Balaban J connectivity index is 1.56. The van der Waals surface area contributed by atoms with Gasteiger partial charge < -0.3 is 0 Å². The van der Waals surface area contributed by atoms with Crippen molar-refractivity contribution in [2.24, 2.45) is 0 Å². The van der Waals surface area contributed by atoms with E-state index in [2.05, 4.69) is 36.4 Å². The Morgan fingerprint density at radius 3 is 2.27 bits per heavy atom. The molecule has 3 aromatic rings. The van der Waals surface area contributed by atoms with Gasteiger partial charge in [0.05, 0.1) is 0 Å². The molecule has 26 heavy (non-hydrogen) atoms. The Bertz CT molecular complexity index is 1000. The van der Waals surface area contributed by atoms with Crippen LogP contribution in [0.4, 0.5) is 5.69 Å². The van der Waals surface area contributed by atoms with Gasteiger partial charge in [-0.05, 0) is 0 Å². The summed E-state index contributed by atoms with van der Waals surface area (Å²) in [6, 6.07) is 26.0. The maximum absolute atomic E-state index is 12.9. The van der Waals surface area contributed by atoms with Crippen molar-refractivity contribution in [3.05, 3.63) is 90.0 Å². The molecule has 0 saturated heterocycles. The summed E-state index contributed by atoms with van der Waals surface area (Å²) in [5.74, 6) is 0.0446. The van der Waals surface area contributed by atoms with Crippen LogP contribution >= 0.6 is 0 Å². The first-order valence-corrected chi connectivity index (χ1v) is 11.8. The van der Waals surface area contributed by atoms with Crippen LogP contribution in [0.3, 0.4) is 0 Å². The third-order valence-electron chi connectivity index (χ3n) is 4.41. The second-order valence-electron chi connectivity index (χ2n) is 6.27. The van der Waals surface area contributed by atoms with Crippen LogP contribution in [0.1, 0.15) is 11.1 Å². The van der Waals surface area contributed by atoms with E-state index in [9.17, 15) is 8.42 Å². The molecule has 1 aliphatic rings. The maximum atomic E-state index is 12.9. The Morgan fingerprint density at radius 2 is 1.54 bits per heavy atom. The molecule has 3 nitrogen and oxygen atoms in total. The van der Waals surface area contributed by atoms with Crippen molar-refractivity contribution < 1.29 is 8.42 Å². The van der Waals surface area contributed by atoms with Crippen molar-refractivity contribution in [2.75, 3.05) is 10.8 Å². The molecule has 0 amide bonds. The van der Waals surface area contributed by atoms with Crippen molar-refractivity contribution in [3.63, 3.8) is 0 Å². The van der Waals surface area contributed by atoms with Gasteiger partial charge in [0.1, 0.15) is 0 Å². The molecular weight excluding hydrogens is 409 g/mol. The molecule has 0 fully saturated rings. The van der Waals surface area contributed by atoms with E-state index < -0.39 is 10.0 Å². The molecule has 0 aromatic heterocycles. The zero-order chi connectivity index (χ0) is 18.0. The summed E-state index contributed by atoms with van der Waals surface area (Å²) in [5, 5.41) is 0. The fraction of sp³-hybridized carbons (Fsp3) is 0.143. The molecule has 0 unspecified atom stereocenters. The molecule has 3 aromatic carbocycles. The van der Waals surface area contributed by atoms with Crippen molar-refractivity contribution in [2.45, 2.75) is 12.2 Å². The van der Waals surface area contributed by atoms with Crippen molar-refractivity contribution in [1.29, 1.82) is 0 Å². The van der Waals surface area contributed by atoms with Gasteiger partial charge in [0.2, 0.25) is 0 Å². The van der Waals surface area contributed by atoms with Crippen LogP contribution in [0, 0.1) is 0 Å². The first-order chi connectivity index (χ1) is 12.6. The number of nitrogens with zero attached hydrogens (tertiary/aromatic N) is 1. The van der Waals surface area contributed by atoms with E-state index in [1.165, 1.54) is 8.92 Å². The zero-order valence-electron chi connectivity index (χ0n) is 14.2. The predicted molar refractivity (Wildman–Crippen MR) is 108 cm³/mol. The Kier molecular flexibility index (Phi) is 4.85. The molecule has 0 spiro atoms. The third kappa shape index (κ3) is 3.70. The molecule has 1 aliphatic heterocycles. The van der Waals surface area contributed by atoms with Gasteiger partial charge in [-0.15, -0.1) is 0 Å². The van der Waals surface area contributed by atoms with E-state index in [0.717, 1.165) is 23.2 Å². The molecule has 0 atom stereocenters. The van der Waals surface area contributed by atoms with E-state index in [4.69, 9.17) is 0 Å². The fourth-order valence-corrected chi connectivity index (χ4v) is 6.70. The molecule has 0 saturated carbocycles. The number of sulfonamides is 1. The number of rotatable bonds is 5. The summed E-state index contributed by atoms with van der Waals surface area (Å²) in [6.45, 7) is 0.534. The molecule has 0 N–H and O–H groups in total. The average molecular weight is 428 g/mol. The average Bonchev–Trinajstić information content (AvgIpc) is 3.07. The van der Waals surface area contributed by atoms with E-state index in [1.807, 2.05) is 42.5 Å². The standard InChI is InChI=1S/C21H19NO2SSe/c23-25(24,16-17-7-3-1-4-8-17)22-14-13-18-15-20(11-12-21(18)22)26-19-9-5-2-6-10-19/h1-12,15H,13-14,16H2. The Labute approximate surface area is 160 Å². The van der Waals surface area contributed by atoms with Crippen molar-refractivity contribution >= 4 is 39.6 Å². The molecule has 1 heterocycles. The number of hydrogen-bond donors (Lipinski definition) is 0. The van der Waals surface area contributed by atoms with E-state index in [1.54, 1.807) is 4.31 Å². The number of anilines is 1.